The number of hydrogen-bond donors (Lipinski definition) is 3. The summed E-state index contributed by atoms with van der Waals surface area (Å²) < 4.78 is 10.7. The minimum Gasteiger partial charge on any atom is -0.466 e. The summed E-state index contributed by atoms with van der Waals surface area (Å²) >= 11 is 0. The van der Waals surface area contributed by atoms with E-state index in [2.05, 4.69) is 27.7 Å². The van der Waals surface area contributed by atoms with Crippen LogP contribution < -0.4 is 10.6 Å². The van der Waals surface area contributed by atoms with Crippen LogP contribution in [-0.2, 0) is 25.0 Å². The van der Waals surface area contributed by atoms with E-state index in [1.807, 2.05) is 13.8 Å². The second-order valence-corrected chi connectivity index (χ2v) is 6.04. The van der Waals surface area contributed by atoms with E-state index in [9.17, 15) is 5.11 Å². The molecule has 8 heteroatoms. The highest BCUT2D eigenvalue weighted by molar-refractivity contribution is 14.0. The van der Waals surface area contributed by atoms with Gasteiger partial charge in [0.05, 0.1) is 25.0 Å². The van der Waals surface area contributed by atoms with Gasteiger partial charge in [-0.25, -0.2) is 4.99 Å². The molecule has 146 valence electrons. The van der Waals surface area contributed by atoms with Crippen molar-refractivity contribution < 1.29 is 14.0 Å². The first-order valence-electron chi connectivity index (χ1n) is 8.76. The van der Waals surface area contributed by atoms with Crippen LogP contribution in [0.25, 0.3) is 0 Å². The fourth-order valence-electron chi connectivity index (χ4n) is 2.54. The first-order chi connectivity index (χ1) is 12.0. The summed E-state index contributed by atoms with van der Waals surface area (Å²) in [4.78, 5) is 4.61. The average molecular weight is 476 g/mol. The first-order valence-corrected chi connectivity index (χ1v) is 8.76. The average Bonchev–Trinajstić information content (AvgIpc) is 3.26. The number of guanidine groups is 1. The van der Waals surface area contributed by atoms with Crippen molar-refractivity contribution in [3.05, 3.63) is 41.2 Å². The van der Waals surface area contributed by atoms with E-state index < -0.39 is 5.60 Å². The van der Waals surface area contributed by atoms with Crippen molar-refractivity contribution in [1.82, 2.24) is 15.8 Å². The topological polar surface area (TPSA) is 95.8 Å². The predicted octanol–water partition coefficient (Wildman–Crippen LogP) is 2.97. The van der Waals surface area contributed by atoms with E-state index in [1.54, 1.807) is 25.3 Å². The number of aliphatic hydroxyl groups is 1. The molecule has 0 amide bonds. The maximum Gasteiger partial charge on any atom is 0.191 e. The quantitative estimate of drug-likeness (QED) is 0.308. The number of aliphatic imine (C=N–C) groups is 1. The van der Waals surface area contributed by atoms with Crippen LogP contribution in [0.5, 0.6) is 0 Å². The van der Waals surface area contributed by atoms with Crippen molar-refractivity contribution in [2.75, 3.05) is 13.1 Å². The molecule has 2 aromatic heterocycles. The van der Waals surface area contributed by atoms with Crippen molar-refractivity contribution in [3.63, 3.8) is 0 Å². The second kappa shape index (κ2) is 10.6. The number of aromatic nitrogens is 1. The normalized spacial score (nSPS) is 13.8. The molecule has 0 saturated heterocycles. The van der Waals surface area contributed by atoms with Gasteiger partial charge in [-0.1, -0.05) is 19.0 Å². The SMILES string of the molecule is CCNC(=NCc1c(CC)noc1CC)NCC(C)(O)c1ccco1.I. The highest BCUT2D eigenvalue weighted by atomic mass is 127. The lowest BCUT2D eigenvalue weighted by Gasteiger charge is -2.22. The molecule has 0 aromatic carbocycles. The third-order valence-corrected chi connectivity index (χ3v) is 4.00. The Kier molecular flexibility index (Phi) is 9.14. The summed E-state index contributed by atoms with van der Waals surface area (Å²) in [5, 5.41) is 21.0. The van der Waals surface area contributed by atoms with Crippen molar-refractivity contribution >= 4 is 29.9 Å². The Morgan fingerprint density at radius 2 is 2.04 bits per heavy atom. The molecule has 0 fully saturated rings. The molecular weight excluding hydrogens is 447 g/mol. The van der Waals surface area contributed by atoms with E-state index in [0.717, 1.165) is 36.4 Å². The van der Waals surface area contributed by atoms with Crippen LogP contribution in [0.15, 0.2) is 32.3 Å². The van der Waals surface area contributed by atoms with Gasteiger partial charge in [0.1, 0.15) is 17.1 Å². The van der Waals surface area contributed by atoms with Gasteiger partial charge in [-0.3, -0.25) is 0 Å². The minimum absolute atomic E-state index is 0. The van der Waals surface area contributed by atoms with E-state index in [-0.39, 0.29) is 30.5 Å². The Hall–Kier alpha value is -1.55. The Morgan fingerprint density at radius 1 is 1.27 bits per heavy atom. The fourth-order valence-corrected chi connectivity index (χ4v) is 2.54. The summed E-state index contributed by atoms with van der Waals surface area (Å²) in [5.41, 5.74) is 0.860. The van der Waals surface area contributed by atoms with Gasteiger partial charge in [0.25, 0.3) is 0 Å². The smallest absolute Gasteiger partial charge is 0.191 e. The van der Waals surface area contributed by atoms with Gasteiger partial charge in [-0.2, -0.15) is 0 Å². The molecular formula is C18H29IN4O3. The van der Waals surface area contributed by atoms with Crippen LogP contribution in [-0.4, -0.2) is 29.3 Å². The van der Waals surface area contributed by atoms with Crippen LogP contribution in [0.1, 0.15) is 50.5 Å². The van der Waals surface area contributed by atoms with Gasteiger partial charge >= 0.3 is 0 Å². The largest absolute Gasteiger partial charge is 0.466 e. The number of rotatable bonds is 8. The lowest BCUT2D eigenvalue weighted by Crippen LogP contribution is -2.44. The monoisotopic (exact) mass is 476 g/mol. The van der Waals surface area contributed by atoms with Crippen molar-refractivity contribution in [1.29, 1.82) is 0 Å². The van der Waals surface area contributed by atoms with E-state index >= 15 is 0 Å². The number of furan rings is 1. The molecule has 7 nitrogen and oxygen atoms in total. The number of nitrogens with zero attached hydrogens (tertiary/aromatic N) is 2. The first kappa shape index (κ1) is 22.5. The van der Waals surface area contributed by atoms with Crippen LogP contribution >= 0.6 is 24.0 Å². The standard InChI is InChI=1S/C18H28N4O3.HI/c1-5-14-13(15(6-2)25-22-14)11-20-17(19-7-3)21-12-18(4,23)16-9-8-10-24-16;/h8-10,23H,5-7,11-12H2,1-4H3,(H2,19,20,21);1H. The van der Waals surface area contributed by atoms with Crippen molar-refractivity contribution in [2.24, 2.45) is 4.99 Å². The Bertz CT molecular complexity index is 659. The second-order valence-electron chi connectivity index (χ2n) is 6.04. The molecule has 0 spiro atoms. The molecule has 0 saturated carbocycles. The Morgan fingerprint density at radius 3 is 2.62 bits per heavy atom. The summed E-state index contributed by atoms with van der Waals surface area (Å²) in [5.74, 6) is 2.01. The molecule has 2 heterocycles. The van der Waals surface area contributed by atoms with Crippen LogP contribution in [0.2, 0.25) is 0 Å². The van der Waals surface area contributed by atoms with E-state index in [1.165, 1.54) is 0 Å². The lowest BCUT2D eigenvalue weighted by molar-refractivity contribution is 0.0386. The minimum atomic E-state index is -1.12. The highest BCUT2D eigenvalue weighted by Crippen LogP contribution is 2.20. The summed E-state index contributed by atoms with van der Waals surface area (Å²) in [7, 11) is 0. The molecule has 26 heavy (non-hydrogen) atoms. The van der Waals surface area contributed by atoms with Crippen molar-refractivity contribution in [2.45, 2.75) is 52.7 Å². The maximum atomic E-state index is 10.5. The molecule has 0 bridgehead atoms. The Balaban J connectivity index is 0.00000338. The zero-order chi connectivity index (χ0) is 18.3. The third kappa shape index (κ3) is 5.73. The maximum absolute atomic E-state index is 10.5. The van der Waals surface area contributed by atoms with E-state index in [4.69, 9.17) is 8.94 Å². The number of hydrogen-bond acceptors (Lipinski definition) is 5. The highest BCUT2D eigenvalue weighted by Gasteiger charge is 2.26. The van der Waals surface area contributed by atoms with Gasteiger partial charge in [0.2, 0.25) is 0 Å². The van der Waals surface area contributed by atoms with Crippen LogP contribution in [0, 0.1) is 0 Å². The molecule has 0 aliphatic carbocycles. The summed E-state index contributed by atoms with van der Waals surface area (Å²) in [6.45, 7) is 9.26. The van der Waals surface area contributed by atoms with Crippen LogP contribution in [0.4, 0.5) is 0 Å². The van der Waals surface area contributed by atoms with Gasteiger partial charge in [0, 0.05) is 18.5 Å². The van der Waals surface area contributed by atoms with Gasteiger partial charge in [-0.15, -0.1) is 24.0 Å². The summed E-state index contributed by atoms with van der Waals surface area (Å²) in [6, 6.07) is 3.51. The van der Waals surface area contributed by atoms with Crippen molar-refractivity contribution in [3.8, 4) is 0 Å². The third-order valence-electron chi connectivity index (χ3n) is 4.00. The van der Waals surface area contributed by atoms with Gasteiger partial charge in [0.15, 0.2) is 5.96 Å². The molecule has 1 unspecified atom stereocenters. The molecule has 2 rings (SSSR count). The van der Waals surface area contributed by atoms with E-state index in [0.29, 0.717) is 18.3 Å². The molecule has 0 radical (unpaired) electrons. The molecule has 0 aliphatic rings. The van der Waals surface area contributed by atoms with Gasteiger partial charge in [-0.05, 0) is 32.4 Å². The zero-order valence-corrected chi connectivity index (χ0v) is 18.2. The number of halogens is 1. The Labute approximate surface area is 171 Å². The number of aryl methyl sites for hydroxylation is 2. The fraction of sp³-hybridized carbons (Fsp3) is 0.556. The molecule has 0 aliphatic heterocycles. The predicted molar refractivity (Wildman–Crippen MR) is 112 cm³/mol. The lowest BCUT2D eigenvalue weighted by atomic mass is 10.0. The van der Waals surface area contributed by atoms with Crippen LogP contribution in [0.3, 0.4) is 0 Å². The number of nitrogens with one attached hydrogen (secondary N) is 2. The molecule has 3 N–H and O–H groups in total. The summed E-state index contributed by atoms with van der Waals surface area (Å²) in [6.07, 6.45) is 3.15. The van der Waals surface area contributed by atoms with Gasteiger partial charge < -0.3 is 24.7 Å². The molecule has 2 aromatic rings. The molecule has 1 atom stereocenters. The zero-order valence-electron chi connectivity index (χ0n) is 15.8.